The molecule has 0 amide bonds. The van der Waals surface area contributed by atoms with E-state index in [1.807, 2.05) is 0 Å². The van der Waals surface area contributed by atoms with Gasteiger partial charge >= 0.3 is 0 Å². The number of anilines is 2. The highest BCUT2D eigenvalue weighted by atomic mass is 14.6. The number of aryl methyl sites for hydroxylation is 2. The van der Waals surface area contributed by atoms with Crippen LogP contribution in [0.3, 0.4) is 0 Å². The maximum Gasteiger partial charge on any atom is 0.0382 e. The summed E-state index contributed by atoms with van der Waals surface area (Å²) in [6, 6.07) is 9.08. The monoisotopic (exact) mass is 366 g/mol. The SMILES string of the molecule is CCCc1ccc(Cc2ccc(CCC)c(N)c2CCC)c(CCC)c1N. The quantitative estimate of drug-likeness (QED) is 0.488. The zero-order chi connectivity index (χ0) is 19.8. The van der Waals surface area contributed by atoms with Crippen molar-refractivity contribution in [3.8, 4) is 0 Å². The molecule has 2 aromatic carbocycles. The number of nitrogens with two attached hydrogens (primary N) is 2. The van der Waals surface area contributed by atoms with Crippen LogP contribution in [-0.4, -0.2) is 0 Å². The lowest BCUT2D eigenvalue weighted by molar-refractivity contribution is 0.873. The van der Waals surface area contributed by atoms with Crippen LogP contribution < -0.4 is 11.5 Å². The molecule has 0 radical (unpaired) electrons. The lowest BCUT2D eigenvalue weighted by atomic mass is 9.88. The molecule has 0 saturated heterocycles. The fourth-order valence-electron chi connectivity index (χ4n) is 4.12. The average Bonchev–Trinajstić information content (AvgIpc) is 2.65. The highest BCUT2D eigenvalue weighted by molar-refractivity contribution is 5.61. The molecule has 0 heterocycles. The second kappa shape index (κ2) is 10.4. The van der Waals surface area contributed by atoms with Gasteiger partial charge in [0.05, 0.1) is 0 Å². The molecule has 2 heteroatoms. The molecule has 0 spiro atoms. The summed E-state index contributed by atoms with van der Waals surface area (Å²) in [4.78, 5) is 0. The molecule has 2 rings (SSSR count). The van der Waals surface area contributed by atoms with Gasteiger partial charge in [-0.15, -0.1) is 0 Å². The Balaban J connectivity index is 2.46. The van der Waals surface area contributed by atoms with Gasteiger partial charge in [-0.3, -0.25) is 0 Å². The lowest BCUT2D eigenvalue weighted by Gasteiger charge is -2.19. The summed E-state index contributed by atoms with van der Waals surface area (Å²) in [5, 5.41) is 0. The Morgan fingerprint density at radius 3 is 1.19 bits per heavy atom. The van der Waals surface area contributed by atoms with Gasteiger partial charge in [-0.1, -0.05) is 77.6 Å². The molecular formula is C25H38N2. The third kappa shape index (κ3) is 5.06. The van der Waals surface area contributed by atoms with E-state index in [0.29, 0.717) is 0 Å². The van der Waals surface area contributed by atoms with Crippen molar-refractivity contribution in [1.82, 2.24) is 0 Å². The molecule has 0 aliphatic rings. The molecule has 0 aliphatic carbocycles. The Morgan fingerprint density at radius 2 is 0.852 bits per heavy atom. The average molecular weight is 367 g/mol. The zero-order valence-electron chi connectivity index (χ0n) is 17.8. The third-order valence-electron chi connectivity index (χ3n) is 5.51. The predicted octanol–water partition coefficient (Wildman–Crippen LogP) is 6.25. The molecule has 0 bridgehead atoms. The third-order valence-corrected chi connectivity index (χ3v) is 5.51. The van der Waals surface area contributed by atoms with E-state index < -0.39 is 0 Å². The first-order valence-electron chi connectivity index (χ1n) is 10.8. The molecule has 0 saturated carbocycles. The minimum atomic E-state index is 0.928. The summed E-state index contributed by atoms with van der Waals surface area (Å²) in [6.45, 7) is 8.89. The lowest BCUT2D eigenvalue weighted by Crippen LogP contribution is -2.08. The summed E-state index contributed by atoms with van der Waals surface area (Å²) >= 11 is 0. The van der Waals surface area contributed by atoms with Gasteiger partial charge < -0.3 is 11.5 Å². The number of hydrogen-bond acceptors (Lipinski definition) is 2. The summed E-state index contributed by atoms with van der Waals surface area (Å²) in [7, 11) is 0. The Bertz CT molecular complexity index is 683. The van der Waals surface area contributed by atoms with E-state index in [-0.39, 0.29) is 0 Å². The number of benzene rings is 2. The van der Waals surface area contributed by atoms with Crippen LogP contribution in [0.1, 0.15) is 86.8 Å². The Hall–Kier alpha value is -1.96. The molecule has 4 N–H and O–H groups in total. The first-order chi connectivity index (χ1) is 13.1. The molecule has 0 atom stereocenters. The Morgan fingerprint density at radius 1 is 0.519 bits per heavy atom. The van der Waals surface area contributed by atoms with Crippen LogP contribution in [0.25, 0.3) is 0 Å². The van der Waals surface area contributed by atoms with Gasteiger partial charge in [0.2, 0.25) is 0 Å². The van der Waals surface area contributed by atoms with Gasteiger partial charge in [0.25, 0.3) is 0 Å². The van der Waals surface area contributed by atoms with Gasteiger partial charge in [-0.25, -0.2) is 0 Å². The topological polar surface area (TPSA) is 52.0 Å². The smallest absolute Gasteiger partial charge is 0.0382 e. The predicted molar refractivity (Wildman–Crippen MR) is 120 cm³/mol. The van der Waals surface area contributed by atoms with Crippen LogP contribution in [0.5, 0.6) is 0 Å². The second-order valence-corrected chi connectivity index (χ2v) is 7.73. The van der Waals surface area contributed by atoms with Gasteiger partial charge in [0, 0.05) is 11.4 Å². The molecule has 27 heavy (non-hydrogen) atoms. The largest absolute Gasteiger partial charge is 0.398 e. The zero-order valence-corrected chi connectivity index (χ0v) is 17.8. The van der Waals surface area contributed by atoms with E-state index in [2.05, 4.69) is 52.0 Å². The Kier molecular flexibility index (Phi) is 8.22. The maximum atomic E-state index is 6.58. The maximum absolute atomic E-state index is 6.58. The normalized spacial score (nSPS) is 11.1. The van der Waals surface area contributed by atoms with Crippen LogP contribution in [0.4, 0.5) is 11.4 Å². The summed E-state index contributed by atoms with van der Waals surface area (Å²) in [6.07, 6.45) is 9.63. The molecule has 0 aromatic heterocycles. The van der Waals surface area contributed by atoms with Gasteiger partial charge in [-0.2, -0.15) is 0 Å². The van der Waals surface area contributed by atoms with E-state index in [0.717, 1.165) is 69.2 Å². The second-order valence-electron chi connectivity index (χ2n) is 7.73. The van der Waals surface area contributed by atoms with Crippen molar-refractivity contribution in [3.63, 3.8) is 0 Å². The van der Waals surface area contributed by atoms with Gasteiger partial charge in [-0.05, 0) is 65.5 Å². The first kappa shape index (κ1) is 21.3. The molecule has 2 aromatic rings. The number of rotatable bonds is 10. The first-order valence-corrected chi connectivity index (χ1v) is 10.8. The molecular weight excluding hydrogens is 328 g/mol. The van der Waals surface area contributed by atoms with Crippen molar-refractivity contribution in [2.24, 2.45) is 0 Å². The highest BCUT2D eigenvalue weighted by Gasteiger charge is 2.15. The van der Waals surface area contributed by atoms with Crippen LogP contribution in [-0.2, 0) is 32.1 Å². The van der Waals surface area contributed by atoms with E-state index in [4.69, 9.17) is 11.5 Å². The van der Waals surface area contributed by atoms with Crippen LogP contribution >= 0.6 is 0 Å². The van der Waals surface area contributed by atoms with Crippen molar-refractivity contribution in [3.05, 3.63) is 57.6 Å². The van der Waals surface area contributed by atoms with Crippen molar-refractivity contribution >= 4 is 11.4 Å². The summed E-state index contributed by atoms with van der Waals surface area (Å²) in [5.74, 6) is 0. The highest BCUT2D eigenvalue weighted by Crippen LogP contribution is 2.30. The molecule has 148 valence electrons. The van der Waals surface area contributed by atoms with Crippen molar-refractivity contribution < 1.29 is 0 Å². The molecule has 2 nitrogen and oxygen atoms in total. The van der Waals surface area contributed by atoms with Gasteiger partial charge in [0.15, 0.2) is 0 Å². The standard InChI is InChI=1S/C25H38N2/c1-5-9-18-13-15-20(22(11-7-3)24(18)26)17-21-16-14-19(10-6-2)25(27)23(21)12-8-4/h13-16H,5-12,17,26-27H2,1-4H3. The summed E-state index contributed by atoms with van der Waals surface area (Å²) in [5.41, 5.74) is 23.2. The van der Waals surface area contributed by atoms with Crippen LogP contribution in [0, 0.1) is 0 Å². The van der Waals surface area contributed by atoms with Crippen molar-refractivity contribution in [2.45, 2.75) is 85.5 Å². The van der Waals surface area contributed by atoms with E-state index in [9.17, 15) is 0 Å². The minimum absolute atomic E-state index is 0.928. The van der Waals surface area contributed by atoms with Crippen molar-refractivity contribution in [1.29, 1.82) is 0 Å². The van der Waals surface area contributed by atoms with E-state index in [1.54, 1.807) is 0 Å². The fraction of sp³-hybridized carbons (Fsp3) is 0.520. The number of hydrogen-bond donors (Lipinski definition) is 2. The minimum Gasteiger partial charge on any atom is -0.398 e. The fourth-order valence-corrected chi connectivity index (χ4v) is 4.12. The van der Waals surface area contributed by atoms with Crippen LogP contribution in [0.2, 0.25) is 0 Å². The summed E-state index contributed by atoms with van der Waals surface area (Å²) < 4.78 is 0. The van der Waals surface area contributed by atoms with Gasteiger partial charge in [0.1, 0.15) is 0 Å². The van der Waals surface area contributed by atoms with Crippen molar-refractivity contribution in [2.75, 3.05) is 11.5 Å². The molecule has 0 aliphatic heterocycles. The number of nitrogen functional groups attached to an aromatic ring is 2. The van der Waals surface area contributed by atoms with E-state index in [1.165, 1.54) is 33.4 Å². The Labute approximate surface area is 166 Å². The van der Waals surface area contributed by atoms with E-state index >= 15 is 0 Å². The molecule has 0 unspecified atom stereocenters. The molecule has 0 fully saturated rings. The van der Waals surface area contributed by atoms with Crippen LogP contribution in [0.15, 0.2) is 24.3 Å².